The van der Waals surface area contributed by atoms with E-state index in [2.05, 4.69) is 56.0 Å². The van der Waals surface area contributed by atoms with Crippen molar-refractivity contribution in [3.63, 3.8) is 0 Å². The van der Waals surface area contributed by atoms with E-state index in [4.69, 9.17) is 4.74 Å². The molecule has 1 nitrogen and oxygen atoms in total. The van der Waals surface area contributed by atoms with Gasteiger partial charge in [-0.05, 0) is 61.5 Å². The van der Waals surface area contributed by atoms with Crippen LogP contribution in [0.25, 0.3) is 0 Å². The number of ether oxygens (including phenoxy) is 1. The van der Waals surface area contributed by atoms with Gasteiger partial charge >= 0.3 is 0 Å². The summed E-state index contributed by atoms with van der Waals surface area (Å²) in [6, 6.07) is 9.01. The zero-order valence-corrected chi connectivity index (χ0v) is 15.4. The fourth-order valence-corrected chi connectivity index (χ4v) is 3.64. The fourth-order valence-electron chi connectivity index (χ4n) is 3.64. The third-order valence-electron chi connectivity index (χ3n) is 5.22. The summed E-state index contributed by atoms with van der Waals surface area (Å²) in [5, 5.41) is 0. The van der Waals surface area contributed by atoms with Crippen LogP contribution < -0.4 is 0 Å². The van der Waals surface area contributed by atoms with E-state index in [0.29, 0.717) is 13.2 Å². The van der Waals surface area contributed by atoms with Gasteiger partial charge in [-0.25, -0.2) is 0 Å². The highest BCUT2D eigenvalue weighted by Crippen LogP contribution is 2.33. The summed E-state index contributed by atoms with van der Waals surface area (Å²) in [7, 11) is 0. The van der Waals surface area contributed by atoms with Crippen LogP contribution in [0.15, 0.2) is 49.1 Å². The Labute approximate surface area is 148 Å². The van der Waals surface area contributed by atoms with Crippen molar-refractivity contribution in [1.29, 1.82) is 0 Å². The van der Waals surface area contributed by atoms with Gasteiger partial charge in [0.2, 0.25) is 0 Å². The molecule has 132 valence electrons. The maximum Gasteiger partial charge on any atom is 0.0721 e. The minimum Gasteiger partial charge on any atom is -0.373 e. The number of hydrogen-bond acceptors (Lipinski definition) is 1. The minimum absolute atomic E-state index is 0.710. The van der Waals surface area contributed by atoms with E-state index in [-0.39, 0.29) is 0 Å². The highest BCUT2D eigenvalue weighted by molar-refractivity contribution is 5.22. The first-order valence-electron chi connectivity index (χ1n) is 9.73. The summed E-state index contributed by atoms with van der Waals surface area (Å²) >= 11 is 0. The van der Waals surface area contributed by atoms with Crippen molar-refractivity contribution in [3.8, 4) is 0 Å². The Bertz CT molecular complexity index is 477. The Hall–Kier alpha value is -1.34. The topological polar surface area (TPSA) is 9.23 Å². The Morgan fingerprint density at radius 2 is 1.67 bits per heavy atom. The molecular weight excluding hydrogens is 292 g/mol. The summed E-state index contributed by atoms with van der Waals surface area (Å²) in [6.07, 6.45) is 16.8. The van der Waals surface area contributed by atoms with Crippen LogP contribution in [-0.2, 0) is 17.8 Å². The quantitative estimate of drug-likeness (QED) is 0.353. The standard InChI is InChI=1S/C23H34O/c1-3-5-6-18-24-19-23-16-14-22(15-17-23)13-12-21-10-8-20(7-4-2)9-11-21/h4-6,14-17,20-21H,2-3,7-13,18-19H2,1H3/b6-5+/t20-,21-. The molecule has 1 aromatic rings. The van der Waals surface area contributed by atoms with Gasteiger partial charge in [0.05, 0.1) is 13.2 Å². The predicted molar refractivity (Wildman–Crippen MR) is 104 cm³/mol. The number of hydrogen-bond donors (Lipinski definition) is 0. The van der Waals surface area contributed by atoms with Crippen LogP contribution in [0.2, 0.25) is 0 Å². The van der Waals surface area contributed by atoms with Gasteiger partial charge in [0, 0.05) is 0 Å². The molecule has 0 bridgehead atoms. The monoisotopic (exact) mass is 326 g/mol. The van der Waals surface area contributed by atoms with E-state index < -0.39 is 0 Å². The molecule has 0 atom stereocenters. The highest BCUT2D eigenvalue weighted by atomic mass is 16.5. The first-order valence-corrected chi connectivity index (χ1v) is 9.73. The number of aryl methyl sites for hydroxylation is 1. The molecule has 1 aliphatic rings. The maximum atomic E-state index is 5.65. The lowest BCUT2D eigenvalue weighted by Gasteiger charge is -2.27. The lowest BCUT2D eigenvalue weighted by molar-refractivity contribution is 0.148. The molecule has 0 aliphatic heterocycles. The molecule has 0 aromatic heterocycles. The number of allylic oxidation sites excluding steroid dienone is 2. The molecule has 0 spiro atoms. The Balaban J connectivity index is 1.65. The zero-order chi connectivity index (χ0) is 17.0. The number of benzene rings is 1. The lowest BCUT2D eigenvalue weighted by Crippen LogP contribution is -2.14. The molecule has 1 aliphatic carbocycles. The summed E-state index contributed by atoms with van der Waals surface area (Å²) in [4.78, 5) is 0. The summed E-state index contributed by atoms with van der Waals surface area (Å²) in [5.74, 6) is 1.84. The van der Waals surface area contributed by atoms with Gasteiger partial charge in [-0.1, -0.05) is 62.3 Å². The van der Waals surface area contributed by atoms with Crippen LogP contribution in [0.1, 0.15) is 63.0 Å². The fraction of sp³-hybridized carbons (Fsp3) is 0.565. The molecule has 1 saturated carbocycles. The normalized spacial score (nSPS) is 21.2. The van der Waals surface area contributed by atoms with E-state index >= 15 is 0 Å². The van der Waals surface area contributed by atoms with Crippen LogP contribution in [0.4, 0.5) is 0 Å². The van der Waals surface area contributed by atoms with Gasteiger partial charge in [-0.2, -0.15) is 0 Å². The molecular formula is C23H34O. The first-order chi connectivity index (χ1) is 11.8. The van der Waals surface area contributed by atoms with Crippen molar-refractivity contribution in [2.75, 3.05) is 6.61 Å². The summed E-state index contributed by atoms with van der Waals surface area (Å²) in [5.41, 5.74) is 2.74. The van der Waals surface area contributed by atoms with Gasteiger partial charge in [0.1, 0.15) is 0 Å². The van der Waals surface area contributed by atoms with Crippen molar-refractivity contribution >= 4 is 0 Å². The van der Waals surface area contributed by atoms with Crippen LogP contribution in [0.5, 0.6) is 0 Å². The first kappa shape index (κ1) is 19.0. The molecule has 0 amide bonds. The molecule has 0 heterocycles. The Kier molecular flexibility index (Phi) is 8.91. The van der Waals surface area contributed by atoms with Crippen molar-refractivity contribution in [2.24, 2.45) is 11.8 Å². The van der Waals surface area contributed by atoms with Crippen molar-refractivity contribution in [1.82, 2.24) is 0 Å². The summed E-state index contributed by atoms with van der Waals surface area (Å²) in [6.45, 7) is 7.44. The zero-order valence-electron chi connectivity index (χ0n) is 15.4. The number of rotatable bonds is 10. The van der Waals surface area contributed by atoms with Crippen molar-refractivity contribution in [2.45, 2.75) is 64.9 Å². The van der Waals surface area contributed by atoms with E-state index in [0.717, 1.165) is 18.3 Å². The largest absolute Gasteiger partial charge is 0.373 e. The second-order valence-corrected chi connectivity index (χ2v) is 7.16. The average Bonchev–Trinajstić information content (AvgIpc) is 2.62. The van der Waals surface area contributed by atoms with Crippen LogP contribution in [0, 0.1) is 11.8 Å². The van der Waals surface area contributed by atoms with E-state index in [1.54, 1.807) is 0 Å². The predicted octanol–water partition coefficient (Wildman–Crippen LogP) is 6.48. The van der Waals surface area contributed by atoms with Gasteiger partial charge in [-0.3, -0.25) is 0 Å². The van der Waals surface area contributed by atoms with Crippen molar-refractivity contribution < 1.29 is 4.74 Å². The van der Waals surface area contributed by atoms with Crippen LogP contribution in [-0.4, -0.2) is 6.61 Å². The molecule has 1 aromatic carbocycles. The van der Waals surface area contributed by atoms with Gasteiger partial charge < -0.3 is 4.74 Å². The molecule has 0 unspecified atom stereocenters. The molecule has 0 saturated heterocycles. The van der Waals surface area contributed by atoms with Crippen molar-refractivity contribution in [3.05, 3.63) is 60.2 Å². The third-order valence-corrected chi connectivity index (χ3v) is 5.22. The molecule has 0 radical (unpaired) electrons. The lowest BCUT2D eigenvalue weighted by atomic mass is 9.78. The molecule has 1 fully saturated rings. The molecule has 2 rings (SSSR count). The van der Waals surface area contributed by atoms with Gasteiger partial charge in [0.15, 0.2) is 0 Å². The molecule has 1 heteroatoms. The molecule has 0 N–H and O–H groups in total. The summed E-state index contributed by atoms with van der Waals surface area (Å²) < 4.78 is 5.65. The second kappa shape index (κ2) is 11.3. The third kappa shape index (κ3) is 7.05. The second-order valence-electron chi connectivity index (χ2n) is 7.16. The van der Waals surface area contributed by atoms with E-state index in [1.165, 1.54) is 56.1 Å². The average molecular weight is 327 g/mol. The Morgan fingerprint density at radius 3 is 2.33 bits per heavy atom. The van der Waals surface area contributed by atoms with Crippen LogP contribution >= 0.6 is 0 Å². The molecule has 24 heavy (non-hydrogen) atoms. The van der Waals surface area contributed by atoms with Gasteiger partial charge in [-0.15, -0.1) is 6.58 Å². The van der Waals surface area contributed by atoms with E-state index in [1.807, 2.05) is 0 Å². The SMILES string of the molecule is C=CC[C@H]1CC[C@H](CCc2ccc(COC/C=C/CC)cc2)CC1. The maximum absolute atomic E-state index is 5.65. The smallest absolute Gasteiger partial charge is 0.0721 e. The van der Waals surface area contributed by atoms with E-state index in [9.17, 15) is 0 Å². The highest BCUT2D eigenvalue weighted by Gasteiger charge is 2.19. The minimum atomic E-state index is 0.710. The van der Waals surface area contributed by atoms with Crippen LogP contribution in [0.3, 0.4) is 0 Å². The van der Waals surface area contributed by atoms with Gasteiger partial charge in [0.25, 0.3) is 0 Å². The Morgan fingerprint density at radius 1 is 1.00 bits per heavy atom.